The molecular formula is C59H44N4O. The highest BCUT2D eigenvalue weighted by atomic mass is 16.5. The van der Waals surface area contributed by atoms with Crippen LogP contribution < -0.4 is 14.5 Å². The predicted molar refractivity (Wildman–Crippen MR) is 262 cm³/mol. The summed E-state index contributed by atoms with van der Waals surface area (Å²) in [6, 6.07) is 70.9. The highest BCUT2D eigenvalue weighted by molar-refractivity contribution is 6.09. The average molecular weight is 825 g/mol. The predicted octanol–water partition coefficient (Wildman–Crippen LogP) is 14.2. The monoisotopic (exact) mass is 824 g/mol. The molecule has 2 aliphatic heterocycles. The number of pyridine rings is 1. The van der Waals surface area contributed by atoms with Gasteiger partial charge in [0.15, 0.2) is 0 Å². The second-order valence-corrected chi connectivity index (χ2v) is 18.0. The molecule has 0 amide bonds. The van der Waals surface area contributed by atoms with Crippen molar-refractivity contribution in [2.24, 2.45) is 0 Å². The SMILES string of the molecule is CN1CN2c3cc(Oc4ccc5c6ccccc6n(-c6ccccn6)c5c4)ccc3C3(c4cccc1c42)c1c(-c2ccccc2)cccc1C(C)(C)c1cccc(-c2ccccc2)c13. The lowest BCUT2D eigenvalue weighted by Gasteiger charge is -2.53. The van der Waals surface area contributed by atoms with Gasteiger partial charge in [0, 0.05) is 41.6 Å². The molecule has 0 fully saturated rings. The summed E-state index contributed by atoms with van der Waals surface area (Å²) < 4.78 is 9.26. The first kappa shape index (κ1) is 36.7. The van der Waals surface area contributed by atoms with Gasteiger partial charge in [-0.15, -0.1) is 0 Å². The lowest BCUT2D eigenvalue weighted by atomic mass is 9.51. The molecule has 0 atom stereocenters. The summed E-state index contributed by atoms with van der Waals surface area (Å²) in [5.74, 6) is 2.43. The first-order chi connectivity index (χ1) is 31.4. The van der Waals surface area contributed by atoms with E-state index in [4.69, 9.17) is 9.72 Å². The molecule has 0 bridgehead atoms. The Hall–Kier alpha value is -7.89. The Morgan fingerprint density at radius 3 is 1.81 bits per heavy atom. The van der Waals surface area contributed by atoms with Gasteiger partial charge in [-0.05, 0) is 98.1 Å². The molecule has 0 saturated carbocycles. The minimum Gasteiger partial charge on any atom is -0.457 e. The second-order valence-electron chi connectivity index (χ2n) is 18.0. The van der Waals surface area contributed by atoms with E-state index in [0.29, 0.717) is 0 Å². The van der Waals surface area contributed by atoms with Gasteiger partial charge in [0.1, 0.15) is 17.3 Å². The number of aromatic nitrogens is 2. The number of hydrogen-bond donors (Lipinski definition) is 0. The molecule has 64 heavy (non-hydrogen) atoms. The Balaban J connectivity index is 1.10. The maximum absolute atomic E-state index is 7.02. The summed E-state index contributed by atoms with van der Waals surface area (Å²) in [5, 5.41) is 2.34. The van der Waals surface area contributed by atoms with Crippen LogP contribution in [0, 0.1) is 0 Å². The molecule has 2 aromatic heterocycles. The molecule has 10 aromatic rings. The van der Waals surface area contributed by atoms with Crippen LogP contribution in [0.4, 0.5) is 17.1 Å². The van der Waals surface area contributed by atoms with Crippen LogP contribution in [0.3, 0.4) is 0 Å². The number of ether oxygens (including phenoxy) is 1. The van der Waals surface area contributed by atoms with Gasteiger partial charge < -0.3 is 14.5 Å². The standard InChI is InChI=1S/C59H44N4O/c1-58(2)47-24-14-22-42(38-17-6-4-7-18-38)55(47)59(56-43(23-15-25-48(56)58)39-19-8-5-9-20-39)46-33-31-41(36-53(46)62-37-61(3)51-28-16-26-49(59)57(51)62)64-40-30-32-45-44-21-10-11-27-50(44)63(52(45)35-40)54-29-12-13-34-60-54/h4-36H,37H2,1-3H3. The van der Waals surface area contributed by atoms with Crippen molar-refractivity contribution in [3.8, 4) is 39.6 Å². The first-order valence-corrected chi connectivity index (χ1v) is 22.2. The Morgan fingerprint density at radius 2 is 1.11 bits per heavy atom. The van der Waals surface area contributed by atoms with Crippen LogP contribution in [0.25, 0.3) is 49.9 Å². The van der Waals surface area contributed by atoms with Crippen molar-refractivity contribution >= 4 is 38.9 Å². The fourth-order valence-electron chi connectivity index (χ4n) is 11.6. The van der Waals surface area contributed by atoms with E-state index in [0.717, 1.165) is 46.1 Å². The molecule has 306 valence electrons. The number of nitrogens with zero attached hydrogens (tertiary/aromatic N) is 4. The van der Waals surface area contributed by atoms with Crippen molar-refractivity contribution in [3.05, 3.63) is 234 Å². The van der Waals surface area contributed by atoms with Crippen LogP contribution in [0.15, 0.2) is 200 Å². The molecule has 3 aliphatic rings. The first-order valence-electron chi connectivity index (χ1n) is 22.2. The van der Waals surface area contributed by atoms with Crippen molar-refractivity contribution in [3.63, 3.8) is 0 Å². The molecule has 0 radical (unpaired) electrons. The summed E-state index contributed by atoms with van der Waals surface area (Å²) in [5.41, 5.74) is 17.6. The van der Waals surface area contributed by atoms with E-state index in [-0.39, 0.29) is 5.41 Å². The Labute approximate surface area is 373 Å². The molecule has 0 N–H and O–H groups in total. The van der Waals surface area contributed by atoms with E-state index in [2.05, 4.69) is 217 Å². The molecule has 0 saturated heterocycles. The molecule has 8 aromatic carbocycles. The largest absolute Gasteiger partial charge is 0.457 e. The van der Waals surface area contributed by atoms with E-state index >= 15 is 0 Å². The summed E-state index contributed by atoms with van der Waals surface area (Å²) in [6.45, 7) is 5.56. The van der Waals surface area contributed by atoms with E-state index < -0.39 is 5.41 Å². The van der Waals surface area contributed by atoms with Crippen molar-refractivity contribution in [1.29, 1.82) is 0 Å². The molecule has 1 spiro atoms. The molecule has 5 heteroatoms. The number of anilines is 3. The van der Waals surface area contributed by atoms with E-state index in [9.17, 15) is 0 Å². The molecule has 4 heterocycles. The van der Waals surface area contributed by atoms with Crippen molar-refractivity contribution in [2.75, 3.05) is 23.5 Å². The molecule has 0 unspecified atom stereocenters. The van der Waals surface area contributed by atoms with Crippen LogP contribution in [0.5, 0.6) is 11.5 Å². The maximum atomic E-state index is 7.02. The van der Waals surface area contributed by atoms with Gasteiger partial charge in [-0.1, -0.05) is 153 Å². The summed E-state index contributed by atoms with van der Waals surface area (Å²) in [4.78, 5) is 9.69. The van der Waals surface area contributed by atoms with E-state index in [1.165, 1.54) is 72.4 Å². The van der Waals surface area contributed by atoms with Crippen LogP contribution in [0.1, 0.15) is 47.2 Å². The fourth-order valence-corrected chi connectivity index (χ4v) is 11.6. The zero-order valence-electron chi connectivity index (χ0n) is 36.0. The minimum atomic E-state index is -0.706. The number of hydrogen-bond acceptors (Lipinski definition) is 4. The Bertz CT molecular complexity index is 3410. The van der Waals surface area contributed by atoms with E-state index in [1.807, 2.05) is 18.3 Å². The van der Waals surface area contributed by atoms with Crippen molar-refractivity contribution in [1.82, 2.24) is 9.55 Å². The third kappa shape index (κ3) is 4.98. The number of benzene rings is 8. The molecular weight excluding hydrogens is 781 g/mol. The number of para-hydroxylation sites is 2. The van der Waals surface area contributed by atoms with Gasteiger partial charge >= 0.3 is 0 Å². The van der Waals surface area contributed by atoms with E-state index in [1.54, 1.807) is 0 Å². The topological polar surface area (TPSA) is 33.5 Å². The summed E-state index contributed by atoms with van der Waals surface area (Å²) >= 11 is 0. The average Bonchev–Trinajstić information content (AvgIpc) is 3.86. The number of fused-ring (bicyclic) bond motifs is 11. The lowest BCUT2D eigenvalue weighted by molar-refractivity contribution is 0.482. The van der Waals surface area contributed by atoms with Gasteiger partial charge in [-0.2, -0.15) is 0 Å². The van der Waals surface area contributed by atoms with Gasteiger partial charge in [0.05, 0.1) is 40.2 Å². The third-order valence-electron chi connectivity index (χ3n) is 14.3. The van der Waals surface area contributed by atoms with Gasteiger partial charge in [0.2, 0.25) is 0 Å². The minimum absolute atomic E-state index is 0.309. The van der Waals surface area contributed by atoms with Gasteiger partial charge in [0.25, 0.3) is 0 Å². The zero-order valence-corrected chi connectivity index (χ0v) is 36.0. The molecule has 13 rings (SSSR count). The van der Waals surface area contributed by atoms with Crippen molar-refractivity contribution < 1.29 is 4.74 Å². The van der Waals surface area contributed by atoms with Crippen LogP contribution in [0.2, 0.25) is 0 Å². The lowest BCUT2D eigenvalue weighted by Crippen LogP contribution is -2.46. The fraction of sp³-hybridized carbons (Fsp3) is 0.102. The maximum Gasteiger partial charge on any atom is 0.137 e. The van der Waals surface area contributed by atoms with Crippen LogP contribution in [-0.4, -0.2) is 23.3 Å². The smallest absolute Gasteiger partial charge is 0.137 e. The second kappa shape index (κ2) is 13.6. The Morgan fingerprint density at radius 1 is 0.500 bits per heavy atom. The molecule has 5 nitrogen and oxygen atoms in total. The van der Waals surface area contributed by atoms with Gasteiger partial charge in [-0.3, -0.25) is 4.57 Å². The van der Waals surface area contributed by atoms with Crippen LogP contribution in [-0.2, 0) is 10.8 Å². The zero-order chi connectivity index (χ0) is 42.7. The molecule has 1 aliphatic carbocycles. The normalized spacial score (nSPS) is 14.9. The van der Waals surface area contributed by atoms with Crippen molar-refractivity contribution in [2.45, 2.75) is 24.7 Å². The van der Waals surface area contributed by atoms with Gasteiger partial charge in [-0.25, -0.2) is 4.98 Å². The number of rotatable bonds is 5. The summed E-state index contributed by atoms with van der Waals surface area (Å²) in [6.07, 6.45) is 1.85. The van der Waals surface area contributed by atoms with Crippen LogP contribution >= 0.6 is 0 Å². The third-order valence-corrected chi connectivity index (χ3v) is 14.3. The Kier molecular flexibility index (Phi) is 7.78. The quantitative estimate of drug-likeness (QED) is 0.173. The summed E-state index contributed by atoms with van der Waals surface area (Å²) in [7, 11) is 2.22. The highest BCUT2D eigenvalue weighted by Crippen LogP contribution is 2.67. The highest BCUT2D eigenvalue weighted by Gasteiger charge is 2.56.